The van der Waals surface area contributed by atoms with E-state index in [2.05, 4.69) is 6.92 Å². The van der Waals surface area contributed by atoms with E-state index in [0.29, 0.717) is 12.3 Å². The molecule has 2 rings (SSSR count). The third kappa shape index (κ3) is 0.959. The van der Waals surface area contributed by atoms with Gasteiger partial charge in [0.2, 0.25) is 0 Å². The highest BCUT2D eigenvalue weighted by molar-refractivity contribution is 5.77. The molecule has 1 spiro atoms. The molecule has 0 unspecified atom stereocenters. The maximum absolute atomic E-state index is 10.7. The van der Waals surface area contributed by atoms with E-state index in [1.54, 1.807) is 0 Å². The molecule has 1 heterocycles. The van der Waals surface area contributed by atoms with Crippen molar-refractivity contribution >= 4 is 5.97 Å². The molecule has 1 saturated heterocycles. The van der Waals surface area contributed by atoms with Crippen LogP contribution < -0.4 is 0 Å². The van der Waals surface area contributed by atoms with Crippen molar-refractivity contribution in [3.05, 3.63) is 0 Å². The summed E-state index contributed by atoms with van der Waals surface area (Å²) in [5.41, 5.74) is -0.0185. The number of carbonyl (C=O) groups is 1. The fourth-order valence-corrected chi connectivity index (χ4v) is 2.26. The molecule has 2 fully saturated rings. The van der Waals surface area contributed by atoms with E-state index >= 15 is 0 Å². The second-order valence-electron chi connectivity index (χ2n) is 3.86. The number of carbonyl (C=O) groups excluding carboxylic acids is 1. The van der Waals surface area contributed by atoms with Gasteiger partial charge >= 0.3 is 5.97 Å². The van der Waals surface area contributed by atoms with E-state index in [1.807, 2.05) is 0 Å². The first-order chi connectivity index (χ1) is 5.23. The lowest BCUT2D eigenvalue weighted by Gasteiger charge is -2.47. The number of esters is 1. The Kier molecular flexibility index (Phi) is 1.44. The van der Waals surface area contributed by atoms with Crippen LogP contribution in [0.4, 0.5) is 0 Å². The highest BCUT2D eigenvalue weighted by atomic mass is 16.6. The first-order valence-electron chi connectivity index (χ1n) is 4.45. The van der Waals surface area contributed by atoms with Crippen LogP contribution in [0.25, 0.3) is 0 Å². The molecule has 1 aliphatic carbocycles. The molecule has 0 radical (unpaired) electrons. The topological polar surface area (TPSA) is 26.3 Å². The van der Waals surface area contributed by atoms with Crippen LogP contribution in [0.2, 0.25) is 0 Å². The lowest BCUT2D eigenvalue weighted by Crippen LogP contribution is -2.53. The minimum Gasteiger partial charge on any atom is -0.458 e. The molecule has 11 heavy (non-hydrogen) atoms. The molecule has 2 heteroatoms. The molecule has 0 aromatic carbocycles. The summed E-state index contributed by atoms with van der Waals surface area (Å²) in [5.74, 6) is 0.590. The third-order valence-electron chi connectivity index (χ3n) is 3.15. The Morgan fingerprint density at radius 1 is 1.55 bits per heavy atom. The van der Waals surface area contributed by atoms with Crippen molar-refractivity contribution in [3.63, 3.8) is 0 Å². The lowest BCUT2D eigenvalue weighted by molar-refractivity contribution is -0.207. The second kappa shape index (κ2) is 2.23. The molecule has 2 aliphatic rings. The smallest absolute Gasteiger partial charge is 0.310 e. The van der Waals surface area contributed by atoms with E-state index in [4.69, 9.17) is 4.74 Å². The number of ether oxygens (including phenoxy) is 1. The molecule has 1 aliphatic heterocycles. The minimum atomic E-state index is -0.0185. The van der Waals surface area contributed by atoms with Crippen LogP contribution in [0.1, 0.15) is 39.0 Å². The summed E-state index contributed by atoms with van der Waals surface area (Å²) in [6.07, 6.45) is 5.54. The molecule has 0 aromatic rings. The van der Waals surface area contributed by atoms with Crippen molar-refractivity contribution in [1.29, 1.82) is 0 Å². The third-order valence-corrected chi connectivity index (χ3v) is 3.15. The van der Waals surface area contributed by atoms with Gasteiger partial charge in [-0.3, -0.25) is 4.79 Å². The summed E-state index contributed by atoms with van der Waals surface area (Å²) in [6.45, 7) is 2.20. The van der Waals surface area contributed by atoms with Crippen LogP contribution in [-0.2, 0) is 9.53 Å². The van der Waals surface area contributed by atoms with Gasteiger partial charge in [0.25, 0.3) is 0 Å². The fraction of sp³-hybridized carbons (Fsp3) is 0.889. The number of rotatable bonds is 0. The van der Waals surface area contributed by atoms with Crippen molar-refractivity contribution in [1.82, 2.24) is 0 Å². The molecule has 1 saturated carbocycles. The van der Waals surface area contributed by atoms with Crippen LogP contribution >= 0.6 is 0 Å². The van der Waals surface area contributed by atoms with E-state index in [0.717, 1.165) is 6.42 Å². The average Bonchev–Trinajstić information content (AvgIpc) is 1.92. The zero-order chi connectivity index (χ0) is 7.90. The van der Waals surface area contributed by atoms with E-state index in [1.165, 1.54) is 19.3 Å². The Labute approximate surface area is 66.9 Å². The van der Waals surface area contributed by atoms with Gasteiger partial charge in [-0.05, 0) is 25.2 Å². The zero-order valence-corrected chi connectivity index (χ0v) is 6.93. The van der Waals surface area contributed by atoms with Crippen LogP contribution in [0.3, 0.4) is 0 Å². The van der Waals surface area contributed by atoms with Crippen molar-refractivity contribution in [3.8, 4) is 0 Å². The van der Waals surface area contributed by atoms with Crippen molar-refractivity contribution < 1.29 is 9.53 Å². The van der Waals surface area contributed by atoms with Gasteiger partial charge < -0.3 is 4.74 Å². The van der Waals surface area contributed by atoms with Gasteiger partial charge in [0.15, 0.2) is 0 Å². The predicted octanol–water partition coefficient (Wildman–Crippen LogP) is 1.88. The van der Waals surface area contributed by atoms with Gasteiger partial charge in [-0.15, -0.1) is 0 Å². The van der Waals surface area contributed by atoms with E-state index in [9.17, 15) is 4.79 Å². The fourth-order valence-electron chi connectivity index (χ4n) is 2.26. The Balaban J connectivity index is 2.05. The molecule has 0 aromatic heterocycles. The van der Waals surface area contributed by atoms with Crippen molar-refractivity contribution in [2.75, 3.05) is 0 Å². The Morgan fingerprint density at radius 2 is 2.27 bits per heavy atom. The van der Waals surface area contributed by atoms with Crippen molar-refractivity contribution in [2.24, 2.45) is 5.92 Å². The minimum absolute atomic E-state index is 0.00116. The first-order valence-corrected chi connectivity index (χ1v) is 4.45. The average molecular weight is 154 g/mol. The molecular weight excluding hydrogens is 140 g/mol. The SMILES string of the molecule is C[C@@H]1CCCC[C@]12CC(=O)O2. The lowest BCUT2D eigenvalue weighted by atomic mass is 9.72. The summed E-state index contributed by atoms with van der Waals surface area (Å²) in [4.78, 5) is 10.7. The number of hydrogen-bond acceptors (Lipinski definition) is 2. The maximum Gasteiger partial charge on any atom is 0.310 e. The van der Waals surface area contributed by atoms with Crippen molar-refractivity contribution in [2.45, 2.75) is 44.6 Å². The Morgan fingerprint density at radius 3 is 2.82 bits per heavy atom. The molecule has 2 nitrogen and oxygen atoms in total. The Bertz CT molecular complexity index is 178. The first kappa shape index (κ1) is 7.14. The highest BCUT2D eigenvalue weighted by Gasteiger charge is 2.50. The molecule has 2 atom stereocenters. The van der Waals surface area contributed by atoms with Gasteiger partial charge in [-0.1, -0.05) is 13.3 Å². The normalized spacial score (nSPS) is 43.4. The quantitative estimate of drug-likeness (QED) is 0.498. The molecule has 0 amide bonds. The zero-order valence-electron chi connectivity index (χ0n) is 6.93. The second-order valence-corrected chi connectivity index (χ2v) is 3.86. The highest BCUT2D eigenvalue weighted by Crippen LogP contribution is 2.44. The van der Waals surface area contributed by atoms with Crippen LogP contribution in [0.5, 0.6) is 0 Å². The summed E-state index contributed by atoms with van der Waals surface area (Å²) < 4.78 is 5.24. The van der Waals surface area contributed by atoms with Crippen LogP contribution in [0.15, 0.2) is 0 Å². The largest absolute Gasteiger partial charge is 0.458 e. The molecule has 62 valence electrons. The summed E-state index contributed by atoms with van der Waals surface area (Å²) in [5, 5.41) is 0. The van der Waals surface area contributed by atoms with Gasteiger partial charge in [0, 0.05) is 0 Å². The summed E-state index contributed by atoms with van der Waals surface area (Å²) in [7, 11) is 0. The summed E-state index contributed by atoms with van der Waals surface area (Å²) >= 11 is 0. The molecule has 0 N–H and O–H groups in total. The van der Waals surface area contributed by atoms with E-state index < -0.39 is 0 Å². The maximum atomic E-state index is 10.7. The monoisotopic (exact) mass is 154 g/mol. The molecular formula is C9H14O2. The van der Waals surface area contributed by atoms with Gasteiger partial charge in [0.1, 0.15) is 5.60 Å². The predicted molar refractivity (Wildman–Crippen MR) is 41.1 cm³/mol. The van der Waals surface area contributed by atoms with E-state index in [-0.39, 0.29) is 11.6 Å². The Hall–Kier alpha value is -0.530. The summed E-state index contributed by atoms with van der Waals surface area (Å²) in [6, 6.07) is 0. The van der Waals surface area contributed by atoms with Crippen LogP contribution in [-0.4, -0.2) is 11.6 Å². The number of hydrogen-bond donors (Lipinski definition) is 0. The van der Waals surface area contributed by atoms with Crippen LogP contribution in [0, 0.1) is 5.92 Å². The molecule has 0 bridgehead atoms. The van der Waals surface area contributed by atoms with Gasteiger partial charge in [-0.2, -0.15) is 0 Å². The van der Waals surface area contributed by atoms with Gasteiger partial charge in [-0.25, -0.2) is 0 Å². The standard InChI is InChI=1S/C9H14O2/c1-7-4-2-3-5-9(7)6-8(10)11-9/h7H,2-6H2,1H3/t7-,9+/m1/s1. The van der Waals surface area contributed by atoms with Gasteiger partial charge in [0.05, 0.1) is 6.42 Å².